The Balaban J connectivity index is 1.72. The Kier molecular flexibility index (Phi) is 2.77. The van der Waals surface area contributed by atoms with Gasteiger partial charge >= 0.3 is 0 Å². The van der Waals surface area contributed by atoms with Gasteiger partial charge in [0.25, 0.3) is 0 Å². The maximum Gasteiger partial charge on any atom is 0.133 e. The fourth-order valence-corrected chi connectivity index (χ4v) is 2.59. The summed E-state index contributed by atoms with van der Waals surface area (Å²) < 4.78 is 0. The Morgan fingerprint density at radius 1 is 1.35 bits per heavy atom. The van der Waals surface area contributed by atoms with E-state index in [1.54, 1.807) is 0 Å². The van der Waals surface area contributed by atoms with Crippen LogP contribution in [0.5, 0.6) is 0 Å². The van der Waals surface area contributed by atoms with E-state index >= 15 is 0 Å². The SMILES string of the molecule is CC(C)CC1CCN1c1ccnc(C2CC2)n1. The van der Waals surface area contributed by atoms with Gasteiger partial charge in [-0.1, -0.05) is 13.8 Å². The summed E-state index contributed by atoms with van der Waals surface area (Å²) in [6.45, 7) is 5.76. The quantitative estimate of drug-likeness (QED) is 0.797. The van der Waals surface area contributed by atoms with Gasteiger partial charge in [-0.15, -0.1) is 0 Å². The molecular formula is C14H21N3. The van der Waals surface area contributed by atoms with Crippen LogP contribution in [0.2, 0.25) is 0 Å². The van der Waals surface area contributed by atoms with Crippen LogP contribution in [0.25, 0.3) is 0 Å². The van der Waals surface area contributed by atoms with Gasteiger partial charge in [0.15, 0.2) is 0 Å². The number of hydrogen-bond acceptors (Lipinski definition) is 3. The first-order valence-electron chi connectivity index (χ1n) is 6.83. The zero-order valence-corrected chi connectivity index (χ0v) is 10.8. The molecule has 92 valence electrons. The predicted octanol–water partition coefficient (Wildman–Crippen LogP) is 2.98. The molecule has 3 nitrogen and oxygen atoms in total. The minimum Gasteiger partial charge on any atom is -0.353 e. The maximum absolute atomic E-state index is 4.73. The van der Waals surface area contributed by atoms with E-state index in [4.69, 9.17) is 4.98 Å². The highest BCUT2D eigenvalue weighted by atomic mass is 15.3. The van der Waals surface area contributed by atoms with E-state index in [-0.39, 0.29) is 0 Å². The van der Waals surface area contributed by atoms with Gasteiger partial charge in [-0.2, -0.15) is 0 Å². The van der Waals surface area contributed by atoms with Crippen molar-refractivity contribution in [1.29, 1.82) is 0 Å². The third-order valence-corrected chi connectivity index (χ3v) is 3.78. The van der Waals surface area contributed by atoms with Gasteiger partial charge in [0.1, 0.15) is 11.6 Å². The molecule has 2 heterocycles. The lowest BCUT2D eigenvalue weighted by molar-refractivity contribution is 0.372. The third-order valence-electron chi connectivity index (χ3n) is 3.78. The molecule has 0 bridgehead atoms. The number of aromatic nitrogens is 2. The second-order valence-corrected chi connectivity index (χ2v) is 5.81. The molecule has 0 spiro atoms. The van der Waals surface area contributed by atoms with Crippen molar-refractivity contribution in [3.05, 3.63) is 18.1 Å². The topological polar surface area (TPSA) is 29.0 Å². The smallest absolute Gasteiger partial charge is 0.133 e. The molecular weight excluding hydrogens is 210 g/mol. The summed E-state index contributed by atoms with van der Waals surface area (Å²) >= 11 is 0. The van der Waals surface area contributed by atoms with Gasteiger partial charge in [0.05, 0.1) is 0 Å². The lowest BCUT2D eigenvalue weighted by Gasteiger charge is -2.43. The summed E-state index contributed by atoms with van der Waals surface area (Å²) in [4.78, 5) is 11.6. The summed E-state index contributed by atoms with van der Waals surface area (Å²) in [5.74, 6) is 3.64. The summed E-state index contributed by atoms with van der Waals surface area (Å²) in [6.07, 6.45) is 7.09. The van der Waals surface area contributed by atoms with Crippen molar-refractivity contribution < 1.29 is 0 Å². The third kappa shape index (κ3) is 2.28. The molecule has 0 amide bonds. The van der Waals surface area contributed by atoms with Gasteiger partial charge in [-0.05, 0) is 37.7 Å². The zero-order valence-electron chi connectivity index (χ0n) is 10.8. The van der Waals surface area contributed by atoms with Crippen LogP contribution in [-0.2, 0) is 0 Å². The Morgan fingerprint density at radius 2 is 2.18 bits per heavy atom. The normalized spacial score (nSPS) is 23.9. The van der Waals surface area contributed by atoms with Crippen molar-refractivity contribution in [2.45, 2.75) is 51.5 Å². The highest BCUT2D eigenvalue weighted by Gasteiger charge is 2.31. The van der Waals surface area contributed by atoms with E-state index in [0.29, 0.717) is 12.0 Å². The number of hydrogen-bond donors (Lipinski definition) is 0. The molecule has 2 fully saturated rings. The minimum absolute atomic E-state index is 0.653. The van der Waals surface area contributed by atoms with Crippen molar-refractivity contribution >= 4 is 5.82 Å². The molecule has 3 heteroatoms. The molecule has 1 saturated carbocycles. The van der Waals surface area contributed by atoms with Crippen LogP contribution in [0.4, 0.5) is 5.82 Å². The first kappa shape index (κ1) is 11.0. The van der Waals surface area contributed by atoms with Gasteiger partial charge < -0.3 is 4.90 Å². The Morgan fingerprint density at radius 3 is 2.76 bits per heavy atom. The molecule has 1 aliphatic heterocycles. The second kappa shape index (κ2) is 4.28. The van der Waals surface area contributed by atoms with E-state index in [9.17, 15) is 0 Å². The van der Waals surface area contributed by atoms with Crippen molar-refractivity contribution in [3.63, 3.8) is 0 Å². The van der Waals surface area contributed by atoms with Crippen LogP contribution >= 0.6 is 0 Å². The Labute approximate surface area is 103 Å². The summed E-state index contributed by atoms with van der Waals surface area (Å²) in [5, 5.41) is 0. The molecule has 17 heavy (non-hydrogen) atoms. The van der Waals surface area contributed by atoms with E-state index in [2.05, 4.69) is 29.8 Å². The number of nitrogens with zero attached hydrogens (tertiary/aromatic N) is 3. The first-order chi connectivity index (χ1) is 8.24. The molecule has 2 aliphatic rings. The van der Waals surface area contributed by atoms with Crippen molar-refractivity contribution in [2.24, 2.45) is 5.92 Å². The van der Waals surface area contributed by atoms with Gasteiger partial charge in [0, 0.05) is 24.7 Å². The summed E-state index contributed by atoms with van der Waals surface area (Å²) in [7, 11) is 0. The monoisotopic (exact) mass is 231 g/mol. The Bertz CT molecular complexity index is 398. The van der Waals surface area contributed by atoms with Crippen molar-refractivity contribution in [3.8, 4) is 0 Å². The van der Waals surface area contributed by atoms with Crippen LogP contribution in [0.15, 0.2) is 12.3 Å². The van der Waals surface area contributed by atoms with Crippen LogP contribution in [0.1, 0.15) is 51.3 Å². The van der Waals surface area contributed by atoms with Crippen LogP contribution in [-0.4, -0.2) is 22.6 Å². The summed E-state index contributed by atoms with van der Waals surface area (Å²) in [6, 6.07) is 2.77. The first-order valence-corrected chi connectivity index (χ1v) is 6.83. The highest BCUT2D eigenvalue weighted by Crippen LogP contribution is 2.39. The number of anilines is 1. The maximum atomic E-state index is 4.73. The average Bonchev–Trinajstić information content (AvgIpc) is 3.08. The van der Waals surface area contributed by atoms with Crippen LogP contribution in [0, 0.1) is 5.92 Å². The van der Waals surface area contributed by atoms with Gasteiger partial charge in [0.2, 0.25) is 0 Å². The summed E-state index contributed by atoms with van der Waals surface area (Å²) in [5.41, 5.74) is 0. The molecule has 0 aromatic carbocycles. The largest absolute Gasteiger partial charge is 0.353 e. The molecule has 1 aromatic heterocycles. The molecule has 1 unspecified atom stereocenters. The van der Waals surface area contributed by atoms with Crippen molar-refractivity contribution in [2.75, 3.05) is 11.4 Å². The van der Waals surface area contributed by atoms with Crippen LogP contribution < -0.4 is 4.90 Å². The highest BCUT2D eigenvalue weighted by molar-refractivity contribution is 5.42. The molecule has 1 aliphatic carbocycles. The van der Waals surface area contributed by atoms with E-state index in [1.807, 2.05) is 6.20 Å². The molecule has 0 radical (unpaired) electrons. The average molecular weight is 231 g/mol. The lowest BCUT2D eigenvalue weighted by atomic mass is 9.93. The van der Waals surface area contributed by atoms with E-state index in [0.717, 1.165) is 17.6 Å². The standard InChI is InChI=1S/C14H21N3/c1-10(2)9-12-6-8-17(12)13-5-7-15-14(16-13)11-3-4-11/h5,7,10-12H,3-4,6,8-9H2,1-2H3. The van der Waals surface area contributed by atoms with E-state index in [1.165, 1.54) is 32.2 Å². The molecule has 1 saturated heterocycles. The second-order valence-electron chi connectivity index (χ2n) is 5.81. The Hall–Kier alpha value is -1.12. The fourth-order valence-electron chi connectivity index (χ4n) is 2.59. The van der Waals surface area contributed by atoms with Gasteiger partial charge in [-0.3, -0.25) is 0 Å². The van der Waals surface area contributed by atoms with Gasteiger partial charge in [-0.25, -0.2) is 9.97 Å². The lowest BCUT2D eigenvalue weighted by Crippen LogP contribution is -2.49. The van der Waals surface area contributed by atoms with Crippen molar-refractivity contribution in [1.82, 2.24) is 9.97 Å². The molecule has 1 atom stereocenters. The van der Waals surface area contributed by atoms with Crippen LogP contribution in [0.3, 0.4) is 0 Å². The zero-order chi connectivity index (χ0) is 11.8. The molecule has 0 N–H and O–H groups in total. The van der Waals surface area contributed by atoms with E-state index < -0.39 is 0 Å². The molecule has 1 aromatic rings. The predicted molar refractivity (Wildman–Crippen MR) is 69.2 cm³/mol. The molecule has 3 rings (SSSR count). The minimum atomic E-state index is 0.653. The number of rotatable bonds is 4. The fraction of sp³-hybridized carbons (Fsp3) is 0.714.